The SMILES string of the molecule is COc1ccc(CNC(=O)C2CN(S(=O)(=O)c3ccccc3)c3cc(Cl)ccc3O2)cc1OC. The molecular weight excluding hydrogens is 480 g/mol. The fourth-order valence-corrected chi connectivity index (χ4v) is 5.26. The molecule has 10 heteroatoms. The molecule has 8 nitrogen and oxygen atoms in total. The largest absolute Gasteiger partial charge is 0.493 e. The number of nitrogens with one attached hydrogen (secondary N) is 1. The van der Waals surface area contributed by atoms with Crippen molar-refractivity contribution in [2.24, 2.45) is 0 Å². The molecule has 0 radical (unpaired) electrons. The molecule has 178 valence electrons. The summed E-state index contributed by atoms with van der Waals surface area (Å²) in [7, 11) is -0.887. The first-order chi connectivity index (χ1) is 16.3. The smallest absolute Gasteiger partial charge is 0.264 e. The van der Waals surface area contributed by atoms with Crippen molar-refractivity contribution in [2.45, 2.75) is 17.5 Å². The van der Waals surface area contributed by atoms with E-state index in [1.807, 2.05) is 0 Å². The first kappa shape index (κ1) is 23.7. The predicted molar refractivity (Wildman–Crippen MR) is 128 cm³/mol. The summed E-state index contributed by atoms with van der Waals surface area (Å²) in [6.07, 6.45) is -1.06. The fraction of sp³-hybridized carbons (Fsp3) is 0.208. The predicted octanol–water partition coefficient (Wildman–Crippen LogP) is 3.63. The zero-order valence-corrected chi connectivity index (χ0v) is 20.1. The van der Waals surface area contributed by atoms with Gasteiger partial charge in [0.1, 0.15) is 5.75 Å². The molecule has 1 N–H and O–H groups in total. The average molecular weight is 503 g/mol. The van der Waals surface area contributed by atoms with E-state index < -0.39 is 22.0 Å². The molecule has 0 fully saturated rings. The highest BCUT2D eigenvalue weighted by atomic mass is 35.5. The van der Waals surface area contributed by atoms with Gasteiger partial charge in [-0.05, 0) is 48.0 Å². The van der Waals surface area contributed by atoms with E-state index in [9.17, 15) is 13.2 Å². The summed E-state index contributed by atoms with van der Waals surface area (Å²) in [5.41, 5.74) is 1.06. The molecule has 1 amide bonds. The van der Waals surface area contributed by atoms with Crippen molar-refractivity contribution in [1.82, 2.24) is 5.32 Å². The molecule has 1 heterocycles. The zero-order chi connectivity index (χ0) is 24.3. The molecule has 1 aliphatic heterocycles. The van der Waals surface area contributed by atoms with Crippen molar-refractivity contribution in [3.05, 3.63) is 77.3 Å². The van der Waals surface area contributed by atoms with Crippen molar-refractivity contribution >= 4 is 33.2 Å². The number of amides is 1. The average Bonchev–Trinajstić information content (AvgIpc) is 2.86. The van der Waals surface area contributed by atoms with E-state index >= 15 is 0 Å². The molecule has 4 rings (SSSR count). The van der Waals surface area contributed by atoms with Crippen LogP contribution in [0.1, 0.15) is 5.56 Å². The molecule has 3 aromatic rings. The minimum absolute atomic E-state index is 0.104. The highest BCUT2D eigenvalue weighted by Gasteiger charge is 2.37. The van der Waals surface area contributed by atoms with Crippen LogP contribution in [0.3, 0.4) is 0 Å². The molecule has 1 aliphatic rings. The van der Waals surface area contributed by atoms with Gasteiger partial charge in [0.15, 0.2) is 17.6 Å². The zero-order valence-electron chi connectivity index (χ0n) is 18.5. The van der Waals surface area contributed by atoms with Crippen LogP contribution >= 0.6 is 11.6 Å². The Morgan fingerprint density at radius 1 is 1.06 bits per heavy atom. The van der Waals surface area contributed by atoms with Crippen LogP contribution in [0.25, 0.3) is 0 Å². The molecule has 1 unspecified atom stereocenters. The van der Waals surface area contributed by atoms with Crippen molar-refractivity contribution in [1.29, 1.82) is 0 Å². The van der Waals surface area contributed by atoms with Gasteiger partial charge in [0.2, 0.25) is 0 Å². The Morgan fingerprint density at radius 2 is 1.79 bits per heavy atom. The normalized spacial score (nSPS) is 15.1. The maximum absolute atomic E-state index is 13.4. The molecule has 34 heavy (non-hydrogen) atoms. The lowest BCUT2D eigenvalue weighted by atomic mass is 10.2. The van der Waals surface area contributed by atoms with Crippen LogP contribution in [0, 0.1) is 0 Å². The number of carbonyl (C=O) groups excluding carboxylic acids is 1. The van der Waals surface area contributed by atoms with Gasteiger partial charge in [-0.25, -0.2) is 8.42 Å². The van der Waals surface area contributed by atoms with Crippen LogP contribution in [0.5, 0.6) is 17.2 Å². The monoisotopic (exact) mass is 502 g/mol. The third kappa shape index (κ3) is 4.76. The summed E-state index contributed by atoms with van der Waals surface area (Å²) >= 11 is 6.13. The van der Waals surface area contributed by atoms with E-state index in [0.717, 1.165) is 9.87 Å². The summed E-state index contributed by atoms with van der Waals surface area (Å²) in [6.45, 7) is -0.0136. The van der Waals surface area contributed by atoms with Gasteiger partial charge in [-0.2, -0.15) is 0 Å². The van der Waals surface area contributed by atoms with E-state index in [1.165, 1.54) is 25.3 Å². The molecule has 0 aliphatic carbocycles. The minimum Gasteiger partial charge on any atom is -0.493 e. The highest BCUT2D eigenvalue weighted by molar-refractivity contribution is 7.92. The van der Waals surface area contributed by atoms with Gasteiger partial charge in [-0.15, -0.1) is 0 Å². The number of halogens is 1. The van der Waals surface area contributed by atoms with E-state index in [0.29, 0.717) is 16.5 Å². The fourth-order valence-electron chi connectivity index (χ4n) is 3.60. The third-order valence-electron chi connectivity index (χ3n) is 5.33. The standard InChI is InChI=1S/C24H23ClN2O6S/c1-31-21-10-8-16(12-22(21)32-2)14-26-24(28)23-15-27(19-13-17(25)9-11-20(19)33-23)34(29,30)18-6-4-3-5-7-18/h3-13,23H,14-15H2,1-2H3,(H,26,28). The molecule has 0 saturated carbocycles. The Kier molecular flexibility index (Phi) is 6.85. The Morgan fingerprint density at radius 3 is 2.50 bits per heavy atom. The number of hydrogen-bond donors (Lipinski definition) is 1. The molecule has 0 aromatic heterocycles. The molecule has 1 atom stereocenters. The summed E-state index contributed by atoms with van der Waals surface area (Å²) < 4.78 is 44.4. The van der Waals surface area contributed by atoms with Crippen molar-refractivity contribution < 1.29 is 27.4 Å². The van der Waals surface area contributed by atoms with E-state index in [4.69, 9.17) is 25.8 Å². The Balaban J connectivity index is 1.58. The quantitative estimate of drug-likeness (QED) is 0.530. The summed E-state index contributed by atoms with van der Waals surface area (Å²) in [5.74, 6) is 0.907. The number of fused-ring (bicyclic) bond motifs is 1. The van der Waals surface area contributed by atoms with Crippen LogP contribution in [-0.4, -0.2) is 41.2 Å². The topological polar surface area (TPSA) is 94.2 Å². The number of sulfonamides is 1. The number of methoxy groups -OCH3 is 2. The maximum atomic E-state index is 13.4. The number of ether oxygens (including phenoxy) is 3. The number of nitrogens with zero attached hydrogens (tertiary/aromatic N) is 1. The molecule has 0 bridgehead atoms. The molecular formula is C24H23ClN2O6S. The summed E-state index contributed by atoms with van der Waals surface area (Å²) in [5, 5.41) is 3.16. The number of benzene rings is 3. The Hall–Kier alpha value is -3.43. The first-order valence-electron chi connectivity index (χ1n) is 10.4. The van der Waals surface area contributed by atoms with E-state index in [2.05, 4.69) is 5.32 Å². The number of carbonyl (C=O) groups is 1. The number of hydrogen-bond acceptors (Lipinski definition) is 6. The van der Waals surface area contributed by atoms with Gasteiger partial charge in [0.05, 0.1) is 31.3 Å². The van der Waals surface area contributed by atoms with Gasteiger partial charge < -0.3 is 19.5 Å². The van der Waals surface area contributed by atoms with Gasteiger partial charge in [0, 0.05) is 11.6 Å². The van der Waals surface area contributed by atoms with E-state index in [-0.39, 0.29) is 29.4 Å². The molecule has 0 saturated heterocycles. The maximum Gasteiger partial charge on any atom is 0.264 e. The lowest BCUT2D eigenvalue weighted by Gasteiger charge is -2.34. The third-order valence-corrected chi connectivity index (χ3v) is 7.36. The van der Waals surface area contributed by atoms with Crippen LogP contribution in [0.4, 0.5) is 5.69 Å². The number of anilines is 1. The van der Waals surface area contributed by atoms with Crippen molar-refractivity contribution in [3.63, 3.8) is 0 Å². The lowest BCUT2D eigenvalue weighted by Crippen LogP contribution is -2.50. The van der Waals surface area contributed by atoms with Crippen molar-refractivity contribution in [3.8, 4) is 17.2 Å². The second-order valence-electron chi connectivity index (χ2n) is 7.47. The van der Waals surface area contributed by atoms with Crippen LogP contribution < -0.4 is 23.8 Å². The van der Waals surface area contributed by atoms with Gasteiger partial charge in [0.25, 0.3) is 15.9 Å². The Bertz CT molecular complexity index is 1300. The summed E-state index contributed by atoms with van der Waals surface area (Å²) in [4.78, 5) is 13.1. The molecule has 3 aromatic carbocycles. The highest BCUT2D eigenvalue weighted by Crippen LogP contribution is 2.39. The lowest BCUT2D eigenvalue weighted by molar-refractivity contribution is -0.127. The van der Waals surface area contributed by atoms with Gasteiger partial charge >= 0.3 is 0 Å². The Labute approximate surface area is 203 Å². The van der Waals surface area contributed by atoms with Crippen molar-refractivity contribution in [2.75, 3.05) is 25.1 Å². The number of rotatable bonds is 7. The van der Waals surface area contributed by atoms with Crippen LogP contribution in [0.15, 0.2) is 71.6 Å². The van der Waals surface area contributed by atoms with Crippen LogP contribution in [-0.2, 0) is 21.4 Å². The second-order valence-corrected chi connectivity index (χ2v) is 9.77. The first-order valence-corrected chi connectivity index (χ1v) is 12.2. The second kappa shape index (κ2) is 9.82. The van der Waals surface area contributed by atoms with E-state index in [1.54, 1.807) is 55.6 Å². The summed E-state index contributed by atoms with van der Waals surface area (Å²) in [6, 6.07) is 17.9. The van der Waals surface area contributed by atoms with Crippen LogP contribution in [0.2, 0.25) is 5.02 Å². The molecule has 0 spiro atoms. The van der Waals surface area contributed by atoms with Gasteiger partial charge in [-0.1, -0.05) is 35.9 Å². The van der Waals surface area contributed by atoms with Gasteiger partial charge in [-0.3, -0.25) is 9.10 Å². The minimum atomic E-state index is -3.96.